The van der Waals surface area contributed by atoms with E-state index in [9.17, 15) is 13.2 Å². The van der Waals surface area contributed by atoms with Gasteiger partial charge >= 0.3 is 6.18 Å². The van der Waals surface area contributed by atoms with Gasteiger partial charge in [-0.25, -0.2) is 4.98 Å². The van der Waals surface area contributed by atoms with E-state index in [0.717, 1.165) is 23.7 Å². The van der Waals surface area contributed by atoms with Crippen LogP contribution in [0.25, 0.3) is 0 Å². The number of halogens is 4. The minimum Gasteiger partial charge on any atom is -0.357 e. The van der Waals surface area contributed by atoms with E-state index in [-0.39, 0.29) is 42.9 Å². The van der Waals surface area contributed by atoms with Crippen molar-refractivity contribution >= 4 is 41.3 Å². The zero-order chi connectivity index (χ0) is 18.4. The van der Waals surface area contributed by atoms with E-state index in [2.05, 4.69) is 20.6 Å². The second-order valence-electron chi connectivity index (χ2n) is 6.49. The van der Waals surface area contributed by atoms with Crippen LogP contribution < -0.4 is 10.6 Å². The van der Waals surface area contributed by atoms with Crippen LogP contribution >= 0.6 is 35.3 Å². The molecule has 150 valence electrons. The van der Waals surface area contributed by atoms with Gasteiger partial charge in [0.1, 0.15) is 0 Å². The first-order valence-corrected chi connectivity index (χ1v) is 9.65. The zero-order valence-electron chi connectivity index (χ0n) is 15.4. The van der Waals surface area contributed by atoms with Crippen LogP contribution in [0.5, 0.6) is 0 Å². The Kier molecular flexibility index (Phi) is 9.63. The predicted molar refractivity (Wildman–Crippen MR) is 112 cm³/mol. The van der Waals surface area contributed by atoms with Crippen LogP contribution in [-0.2, 0) is 6.42 Å². The molecule has 1 heterocycles. The highest BCUT2D eigenvalue weighted by Gasteiger charge is 2.41. The minimum atomic E-state index is -4.06. The van der Waals surface area contributed by atoms with Gasteiger partial charge in [0.2, 0.25) is 0 Å². The molecule has 1 saturated carbocycles. The highest BCUT2D eigenvalue weighted by Crippen LogP contribution is 2.37. The summed E-state index contributed by atoms with van der Waals surface area (Å²) in [6.45, 7) is 7.34. The lowest BCUT2D eigenvalue weighted by Gasteiger charge is -2.31. The summed E-state index contributed by atoms with van der Waals surface area (Å²) >= 11 is 1.69. The average Bonchev–Trinajstić information content (AvgIpc) is 2.85. The van der Waals surface area contributed by atoms with Crippen molar-refractivity contribution in [3.8, 4) is 0 Å². The number of guanidine groups is 1. The number of hydrogen-bond acceptors (Lipinski definition) is 3. The lowest BCUT2D eigenvalue weighted by Crippen LogP contribution is -2.45. The first-order valence-electron chi connectivity index (χ1n) is 8.84. The molecule has 9 heteroatoms. The first-order chi connectivity index (χ1) is 11.8. The highest BCUT2D eigenvalue weighted by molar-refractivity contribution is 14.0. The summed E-state index contributed by atoms with van der Waals surface area (Å²) in [4.78, 5) is 10.2. The second-order valence-corrected chi connectivity index (χ2v) is 7.77. The van der Waals surface area contributed by atoms with Crippen molar-refractivity contribution in [2.24, 2.45) is 10.9 Å². The summed E-state index contributed by atoms with van der Waals surface area (Å²) in [5.74, 6) is -0.459. The molecular formula is C17H28F3IN4S. The van der Waals surface area contributed by atoms with Gasteiger partial charge in [-0.2, -0.15) is 13.2 Å². The van der Waals surface area contributed by atoms with Crippen LogP contribution in [0, 0.1) is 19.8 Å². The quantitative estimate of drug-likeness (QED) is 0.350. The van der Waals surface area contributed by atoms with Gasteiger partial charge in [-0.05, 0) is 46.5 Å². The number of rotatable bonds is 5. The Hall–Kier alpha value is -0.580. The molecule has 26 heavy (non-hydrogen) atoms. The van der Waals surface area contributed by atoms with Gasteiger partial charge in [-0.15, -0.1) is 35.3 Å². The van der Waals surface area contributed by atoms with Gasteiger partial charge in [0, 0.05) is 30.4 Å². The van der Waals surface area contributed by atoms with E-state index < -0.39 is 12.1 Å². The van der Waals surface area contributed by atoms with Crippen LogP contribution in [0.15, 0.2) is 4.99 Å². The Morgan fingerprint density at radius 3 is 2.38 bits per heavy atom. The minimum absolute atomic E-state index is 0. The second kappa shape index (κ2) is 10.7. The first kappa shape index (κ1) is 23.5. The van der Waals surface area contributed by atoms with Gasteiger partial charge < -0.3 is 10.6 Å². The molecule has 1 aliphatic carbocycles. The van der Waals surface area contributed by atoms with Crippen molar-refractivity contribution in [3.63, 3.8) is 0 Å². The molecule has 1 fully saturated rings. The van der Waals surface area contributed by atoms with E-state index in [1.807, 2.05) is 20.8 Å². The number of thiazole rings is 1. The number of nitrogens with one attached hydrogen (secondary N) is 2. The maximum Gasteiger partial charge on any atom is 0.391 e. The number of aliphatic imine (C=N–C) groups is 1. The largest absolute Gasteiger partial charge is 0.391 e. The Balaban J connectivity index is 0.00000338. The summed E-state index contributed by atoms with van der Waals surface area (Å²) in [7, 11) is 0. The van der Waals surface area contributed by atoms with E-state index in [1.54, 1.807) is 11.3 Å². The van der Waals surface area contributed by atoms with Crippen molar-refractivity contribution in [1.29, 1.82) is 0 Å². The third kappa shape index (κ3) is 7.21. The molecule has 1 aromatic rings. The van der Waals surface area contributed by atoms with Crippen LogP contribution in [0.1, 0.15) is 48.2 Å². The fourth-order valence-electron chi connectivity index (χ4n) is 3.15. The third-order valence-corrected chi connectivity index (χ3v) is 5.62. The number of nitrogens with zero attached hydrogens (tertiary/aromatic N) is 2. The predicted octanol–water partition coefficient (Wildman–Crippen LogP) is 4.60. The molecule has 1 aromatic heterocycles. The number of hydrogen-bond donors (Lipinski definition) is 2. The number of aromatic nitrogens is 1. The van der Waals surface area contributed by atoms with Crippen LogP contribution in [0.4, 0.5) is 13.2 Å². The van der Waals surface area contributed by atoms with Gasteiger partial charge in [-0.3, -0.25) is 4.99 Å². The van der Waals surface area contributed by atoms with Crippen molar-refractivity contribution in [1.82, 2.24) is 15.6 Å². The molecule has 0 spiro atoms. The fourth-order valence-corrected chi connectivity index (χ4v) is 4.08. The topological polar surface area (TPSA) is 49.3 Å². The molecule has 0 bridgehead atoms. The Labute approximate surface area is 174 Å². The summed E-state index contributed by atoms with van der Waals surface area (Å²) < 4.78 is 38.3. The monoisotopic (exact) mass is 504 g/mol. The molecule has 0 saturated heterocycles. The van der Waals surface area contributed by atoms with Crippen molar-refractivity contribution < 1.29 is 13.2 Å². The molecule has 2 rings (SSSR count). The molecule has 4 nitrogen and oxygen atoms in total. The van der Waals surface area contributed by atoms with E-state index in [4.69, 9.17) is 0 Å². The summed E-state index contributed by atoms with van der Waals surface area (Å²) in [6.07, 6.45) is -1.79. The van der Waals surface area contributed by atoms with Gasteiger partial charge in [0.15, 0.2) is 5.96 Å². The SMILES string of the molecule is CCNC(=NCCc1sc(C)nc1C)NC1CCC(C(F)(F)F)CC1.I. The zero-order valence-corrected chi connectivity index (χ0v) is 18.6. The summed E-state index contributed by atoms with van der Waals surface area (Å²) in [5.41, 5.74) is 1.06. The van der Waals surface area contributed by atoms with Crippen molar-refractivity contribution in [3.05, 3.63) is 15.6 Å². The maximum absolute atomic E-state index is 12.8. The molecule has 0 radical (unpaired) electrons. The molecule has 0 unspecified atom stereocenters. The lowest BCUT2D eigenvalue weighted by molar-refractivity contribution is -0.182. The summed E-state index contributed by atoms with van der Waals surface area (Å²) in [5, 5.41) is 7.53. The normalized spacial score (nSPS) is 21.2. The summed E-state index contributed by atoms with van der Waals surface area (Å²) in [6, 6.07) is 0.0591. The number of aryl methyl sites for hydroxylation is 2. The van der Waals surface area contributed by atoms with Crippen molar-refractivity contribution in [2.45, 2.75) is 65.1 Å². The fraction of sp³-hybridized carbons (Fsp3) is 0.765. The smallest absolute Gasteiger partial charge is 0.357 e. The molecule has 0 aromatic carbocycles. The van der Waals surface area contributed by atoms with Gasteiger partial charge in [0.25, 0.3) is 0 Å². The Bertz CT molecular complexity index is 581. The lowest BCUT2D eigenvalue weighted by atomic mass is 9.85. The van der Waals surface area contributed by atoms with E-state index in [1.165, 1.54) is 4.88 Å². The molecule has 0 amide bonds. The van der Waals surface area contributed by atoms with E-state index in [0.29, 0.717) is 25.3 Å². The Morgan fingerprint density at radius 2 is 1.88 bits per heavy atom. The molecule has 1 aliphatic rings. The van der Waals surface area contributed by atoms with Gasteiger partial charge in [-0.1, -0.05) is 0 Å². The van der Waals surface area contributed by atoms with Crippen LogP contribution in [-0.4, -0.2) is 36.3 Å². The van der Waals surface area contributed by atoms with Crippen LogP contribution in [0.2, 0.25) is 0 Å². The van der Waals surface area contributed by atoms with Gasteiger partial charge in [0.05, 0.1) is 16.6 Å². The molecule has 0 atom stereocenters. The highest BCUT2D eigenvalue weighted by atomic mass is 127. The van der Waals surface area contributed by atoms with Crippen molar-refractivity contribution in [2.75, 3.05) is 13.1 Å². The maximum atomic E-state index is 12.8. The number of alkyl halides is 3. The molecule has 2 N–H and O–H groups in total. The van der Waals surface area contributed by atoms with E-state index >= 15 is 0 Å². The average molecular weight is 504 g/mol. The Morgan fingerprint density at radius 1 is 1.23 bits per heavy atom. The van der Waals surface area contributed by atoms with Crippen LogP contribution in [0.3, 0.4) is 0 Å². The molecule has 0 aliphatic heterocycles. The standard InChI is InChI=1S/C17H27F3N4S.HI/c1-4-21-16(22-10-9-15-11(2)23-12(3)25-15)24-14-7-5-13(6-8-14)17(18,19)20;/h13-14H,4-10H2,1-3H3,(H2,21,22,24);1H. The molecular weight excluding hydrogens is 476 g/mol. The third-order valence-electron chi connectivity index (χ3n) is 4.48.